The molecular weight excluding hydrogens is 456 g/mol. The van der Waals surface area contributed by atoms with Gasteiger partial charge in [0.05, 0.1) is 35.6 Å². The number of carbonyl (C=O) groups excluding carboxylic acids is 2. The van der Waals surface area contributed by atoms with E-state index in [-0.39, 0.29) is 42.9 Å². The number of hydrogen-bond acceptors (Lipinski definition) is 8. The van der Waals surface area contributed by atoms with Gasteiger partial charge in [0.15, 0.2) is 5.60 Å². The number of fused-ring (bicyclic) bond motifs is 5. The van der Waals surface area contributed by atoms with E-state index >= 15 is 0 Å². The molecular formula is C25H22N2O8. The number of aliphatic hydroxyl groups is 1. The van der Waals surface area contributed by atoms with Crippen LogP contribution in [0.3, 0.4) is 0 Å². The van der Waals surface area contributed by atoms with Crippen LogP contribution < -0.4 is 5.56 Å². The number of carboxylic acids is 1. The van der Waals surface area contributed by atoms with E-state index in [2.05, 4.69) is 0 Å². The first-order valence-electron chi connectivity index (χ1n) is 11.2. The van der Waals surface area contributed by atoms with Crippen molar-refractivity contribution in [1.82, 2.24) is 9.55 Å². The van der Waals surface area contributed by atoms with Gasteiger partial charge in [-0.15, -0.1) is 0 Å². The maximum atomic E-state index is 13.4. The van der Waals surface area contributed by atoms with Crippen molar-refractivity contribution >= 4 is 28.8 Å². The van der Waals surface area contributed by atoms with Gasteiger partial charge in [0, 0.05) is 22.9 Å². The van der Waals surface area contributed by atoms with Crippen LogP contribution in [-0.4, -0.2) is 44.3 Å². The molecule has 1 atom stereocenters. The zero-order valence-electron chi connectivity index (χ0n) is 18.9. The molecule has 2 aliphatic heterocycles. The van der Waals surface area contributed by atoms with Gasteiger partial charge in [-0.05, 0) is 24.1 Å². The molecule has 2 N–H and O–H groups in total. The quantitative estimate of drug-likeness (QED) is 0.312. The van der Waals surface area contributed by atoms with Gasteiger partial charge in [-0.1, -0.05) is 25.1 Å². The Morgan fingerprint density at radius 2 is 2.00 bits per heavy atom. The van der Waals surface area contributed by atoms with Gasteiger partial charge in [-0.25, -0.2) is 9.78 Å². The van der Waals surface area contributed by atoms with Crippen LogP contribution in [-0.2, 0) is 49.0 Å². The Hall–Kier alpha value is -4.05. The van der Waals surface area contributed by atoms with E-state index in [9.17, 15) is 24.3 Å². The molecule has 0 aliphatic carbocycles. The Labute approximate surface area is 198 Å². The second-order valence-electron chi connectivity index (χ2n) is 8.58. The molecule has 10 heteroatoms. The molecule has 0 saturated heterocycles. The molecule has 0 saturated carbocycles. The van der Waals surface area contributed by atoms with Crippen LogP contribution in [0.2, 0.25) is 0 Å². The summed E-state index contributed by atoms with van der Waals surface area (Å²) in [5.41, 5.74) is 1.49. The SMILES string of the molecule is CC[C@@]1(O)C(=O)OCc2c1cc1n(c2=O)Cc2c-1nc1ccccc1c2CCOC(=O)CC(=O)O. The predicted molar refractivity (Wildman–Crippen MR) is 121 cm³/mol. The monoisotopic (exact) mass is 478 g/mol. The van der Waals surface area contributed by atoms with Gasteiger partial charge >= 0.3 is 17.9 Å². The fourth-order valence-corrected chi connectivity index (χ4v) is 4.84. The standard InChI is InChI=1S/C25H22N2O8/c1-2-25(33)17-9-19-22-15(11-27(19)23(31)16(17)12-35-24(25)32)13(7-8-34-21(30)10-20(28)29)14-5-3-4-6-18(14)26-22/h3-6,9,33H,2,7-8,10-12H2,1H3,(H,28,29)/t25-/m0/s1. The lowest BCUT2D eigenvalue weighted by Crippen LogP contribution is -2.44. The van der Waals surface area contributed by atoms with Crippen LogP contribution >= 0.6 is 0 Å². The second-order valence-corrected chi connectivity index (χ2v) is 8.58. The highest BCUT2D eigenvalue weighted by Gasteiger charge is 2.45. The summed E-state index contributed by atoms with van der Waals surface area (Å²) >= 11 is 0. The molecule has 2 aliphatic rings. The number of esters is 2. The molecule has 0 fully saturated rings. The fourth-order valence-electron chi connectivity index (χ4n) is 4.84. The van der Waals surface area contributed by atoms with Crippen molar-refractivity contribution in [3.8, 4) is 11.4 Å². The predicted octanol–water partition coefficient (Wildman–Crippen LogP) is 1.64. The number of ether oxygens (including phenoxy) is 2. The summed E-state index contributed by atoms with van der Waals surface area (Å²) < 4.78 is 11.8. The summed E-state index contributed by atoms with van der Waals surface area (Å²) in [6.45, 7) is 1.61. The number of aliphatic carboxylic acids is 1. The number of para-hydroxylation sites is 1. The van der Waals surface area contributed by atoms with Gasteiger partial charge in [0.2, 0.25) is 0 Å². The number of aromatic nitrogens is 2. The third-order valence-electron chi connectivity index (χ3n) is 6.62. The molecule has 4 heterocycles. The first-order valence-corrected chi connectivity index (χ1v) is 11.2. The average Bonchev–Trinajstić information content (AvgIpc) is 3.19. The molecule has 35 heavy (non-hydrogen) atoms. The van der Waals surface area contributed by atoms with Crippen molar-refractivity contribution in [1.29, 1.82) is 0 Å². The Morgan fingerprint density at radius 3 is 2.74 bits per heavy atom. The van der Waals surface area contributed by atoms with Crippen LogP contribution in [0, 0.1) is 0 Å². The van der Waals surface area contributed by atoms with Gasteiger partial charge in [-0.2, -0.15) is 0 Å². The van der Waals surface area contributed by atoms with Crippen LogP contribution in [0.5, 0.6) is 0 Å². The van der Waals surface area contributed by atoms with Crippen molar-refractivity contribution in [2.45, 2.75) is 44.9 Å². The average molecular weight is 478 g/mol. The zero-order valence-corrected chi connectivity index (χ0v) is 18.9. The molecule has 0 bridgehead atoms. The number of cyclic esters (lactones) is 1. The molecule has 2 aromatic heterocycles. The summed E-state index contributed by atoms with van der Waals surface area (Å²) in [7, 11) is 0. The summed E-state index contributed by atoms with van der Waals surface area (Å²) in [4.78, 5) is 53.0. The molecule has 0 amide bonds. The van der Waals surface area contributed by atoms with Crippen molar-refractivity contribution in [3.05, 3.63) is 62.9 Å². The fraction of sp³-hybridized carbons (Fsp3) is 0.320. The molecule has 180 valence electrons. The number of pyridine rings is 2. The normalized spacial score (nSPS) is 17.9. The smallest absolute Gasteiger partial charge is 0.343 e. The molecule has 10 nitrogen and oxygen atoms in total. The van der Waals surface area contributed by atoms with Crippen LogP contribution in [0.15, 0.2) is 35.1 Å². The second kappa shape index (κ2) is 8.31. The minimum Gasteiger partial charge on any atom is -0.481 e. The highest BCUT2D eigenvalue weighted by molar-refractivity contribution is 5.90. The van der Waals surface area contributed by atoms with E-state index in [4.69, 9.17) is 19.6 Å². The number of hydrogen-bond donors (Lipinski definition) is 2. The highest BCUT2D eigenvalue weighted by atomic mass is 16.6. The summed E-state index contributed by atoms with van der Waals surface area (Å²) in [5, 5.41) is 20.6. The van der Waals surface area contributed by atoms with Crippen LogP contribution in [0.4, 0.5) is 0 Å². The van der Waals surface area contributed by atoms with Crippen molar-refractivity contribution < 1.29 is 34.1 Å². The highest BCUT2D eigenvalue weighted by Crippen LogP contribution is 2.40. The molecule has 1 aromatic carbocycles. The minimum atomic E-state index is -1.91. The lowest BCUT2D eigenvalue weighted by Gasteiger charge is -2.31. The summed E-state index contributed by atoms with van der Waals surface area (Å²) in [6, 6.07) is 9.04. The van der Waals surface area contributed by atoms with Gasteiger partial charge in [0.1, 0.15) is 13.0 Å². The van der Waals surface area contributed by atoms with Crippen molar-refractivity contribution in [2.24, 2.45) is 0 Å². The largest absolute Gasteiger partial charge is 0.481 e. The van der Waals surface area contributed by atoms with E-state index in [0.717, 1.165) is 16.5 Å². The van der Waals surface area contributed by atoms with Crippen molar-refractivity contribution in [2.75, 3.05) is 6.61 Å². The minimum absolute atomic E-state index is 0.0355. The third-order valence-corrected chi connectivity index (χ3v) is 6.62. The topological polar surface area (TPSA) is 145 Å². The summed E-state index contributed by atoms with van der Waals surface area (Å²) in [6.07, 6.45) is -0.380. The molecule has 0 spiro atoms. The van der Waals surface area contributed by atoms with Crippen molar-refractivity contribution in [3.63, 3.8) is 0 Å². The number of nitrogens with zero attached hydrogens (tertiary/aromatic N) is 2. The first-order chi connectivity index (χ1) is 16.7. The van der Waals surface area contributed by atoms with Crippen LogP contribution in [0.25, 0.3) is 22.3 Å². The lowest BCUT2D eigenvalue weighted by molar-refractivity contribution is -0.172. The Morgan fingerprint density at radius 1 is 1.23 bits per heavy atom. The van der Waals surface area contributed by atoms with E-state index in [1.807, 2.05) is 24.3 Å². The van der Waals surface area contributed by atoms with E-state index in [0.29, 0.717) is 23.3 Å². The molecule has 5 rings (SSSR count). The zero-order chi connectivity index (χ0) is 24.9. The molecule has 0 radical (unpaired) electrons. The molecule has 3 aromatic rings. The van der Waals surface area contributed by atoms with Gasteiger partial charge in [-0.3, -0.25) is 14.4 Å². The molecule has 0 unspecified atom stereocenters. The third kappa shape index (κ3) is 3.57. The first kappa shape index (κ1) is 22.7. The van der Waals surface area contributed by atoms with Gasteiger partial charge in [0.25, 0.3) is 5.56 Å². The van der Waals surface area contributed by atoms with Gasteiger partial charge < -0.3 is 24.3 Å². The number of rotatable bonds is 6. The van der Waals surface area contributed by atoms with E-state index in [1.54, 1.807) is 17.6 Å². The number of benzene rings is 1. The lowest BCUT2D eigenvalue weighted by atomic mass is 9.86. The Kier molecular flexibility index (Phi) is 5.40. The Bertz CT molecular complexity index is 1470. The van der Waals surface area contributed by atoms with E-state index < -0.39 is 29.9 Å². The number of carboxylic acid groups (broad SMARTS) is 1. The number of carbonyl (C=O) groups is 3. The van der Waals surface area contributed by atoms with E-state index in [1.165, 1.54) is 0 Å². The van der Waals surface area contributed by atoms with Crippen LogP contribution in [0.1, 0.15) is 42.0 Å². The maximum absolute atomic E-state index is 13.4. The Balaban J connectivity index is 1.62. The summed E-state index contributed by atoms with van der Waals surface area (Å²) in [5.74, 6) is -2.88. The maximum Gasteiger partial charge on any atom is 0.343 e.